The lowest BCUT2D eigenvalue weighted by molar-refractivity contribution is -0.156. The minimum absolute atomic E-state index is 0.0129. The van der Waals surface area contributed by atoms with Crippen LogP contribution in [0.1, 0.15) is 45.4 Å². The fraction of sp³-hybridized carbons (Fsp3) is 0.800. The number of carbonyl (C=O) groups excluding carboxylic acids is 1. The quantitative estimate of drug-likeness (QED) is 0.568. The molecule has 0 N–H and O–H groups in total. The average Bonchev–Trinajstić information content (AvgIpc) is 3.05. The highest BCUT2D eigenvalue weighted by molar-refractivity contribution is 5.73. The van der Waals surface area contributed by atoms with E-state index in [1.54, 1.807) is 0 Å². The van der Waals surface area contributed by atoms with Crippen molar-refractivity contribution in [3.05, 3.63) is 12.2 Å². The van der Waals surface area contributed by atoms with E-state index in [4.69, 9.17) is 9.47 Å². The van der Waals surface area contributed by atoms with Gasteiger partial charge in [-0.1, -0.05) is 19.1 Å². The summed E-state index contributed by atoms with van der Waals surface area (Å²) in [5, 5.41) is 0. The third kappa shape index (κ3) is 2.20. The van der Waals surface area contributed by atoms with Crippen molar-refractivity contribution in [3.63, 3.8) is 0 Å². The van der Waals surface area contributed by atoms with E-state index < -0.39 is 0 Å². The maximum atomic E-state index is 12.3. The van der Waals surface area contributed by atoms with Crippen molar-refractivity contribution in [2.75, 3.05) is 0 Å². The molecule has 0 amide bonds. The van der Waals surface area contributed by atoms with E-state index >= 15 is 0 Å². The second-order valence-corrected chi connectivity index (χ2v) is 5.78. The lowest BCUT2D eigenvalue weighted by Gasteiger charge is -2.25. The summed E-state index contributed by atoms with van der Waals surface area (Å²) in [6.45, 7) is 2.08. The Morgan fingerprint density at radius 3 is 2.72 bits per heavy atom. The number of hydrogen-bond donors (Lipinski definition) is 0. The first-order valence-electron chi connectivity index (χ1n) is 7.32. The fourth-order valence-corrected chi connectivity index (χ4v) is 3.60. The Balaban J connectivity index is 1.61. The summed E-state index contributed by atoms with van der Waals surface area (Å²) in [4.78, 5) is 12.3. The Morgan fingerprint density at radius 2 is 2.17 bits per heavy atom. The highest BCUT2D eigenvalue weighted by Gasteiger charge is 2.44. The molecule has 1 saturated heterocycles. The number of esters is 1. The van der Waals surface area contributed by atoms with Crippen LogP contribution < -0.4 is 0 Å². The maximum absolute atomic E-state index is 12.3. The van der Waals surface area contributed by atoms with Gasteiger partial charge in [0, 0.05) is 5.92 Å². The second-order valence-electron chi connectivity index (χ2n) is 5.78. The normalized spacial score (nSPS) is 36.2. The number of carbonyl (C=O) groups is 1. The zero-order valence-electron chi connectivity index (χ0n) is 11.0. The molecular formula is C15H22O3. The Kier molecular flexibility index (Phi) is 3.42. The first kappa shape index (κ1) is 12.2. The van der Waals surface area contributed by atoms with Gasteiger partial charge in [0.05, 0.1) is 18.1 Å². The largest absolute Gasteiger partial charge is 0.462 e. The lowest BCUT2D eigenvalue weighted by atomic mass is 9.81. The van der Waals surface area contributed by atoms with Gasteiger partial charge in [-0.15, -0.1) is 0 Å². The molecule has 0 aromatic rings. The SMILES string of the molecule is CCC(C(=O)OC1CCCC1)C1CC2C=CC1O2. The molecule has 3 aliphatic rings. The minimum Gasteiger partial charge on any atom is -0.462 e. The van der Waals surface area contributed by atoms with Gasteiger partial charge in [0.15, 0.2) is 0 Å². The summed E-state index contributed by atoms with van der Waals surface area (Å²) in [6, 6.07) is 0. The molecule has 3 nitrogen and oxygen atoms in total. The third-order valence-corrected chi connectivity index (χ3v) is 4.62. The molecule has 0 aromatic carbocycles. The number of hydrogen-bond acceptors (Lipinski definition) is 3. The summed E-state index contributed by atoms with van der Waals surface area (Å²) in [5.74, 6) is 0.364. The molecule has 2 aliphatic heterocycles. The van der Waals surface area contributed by atoms with Crippen molar-refractivity contribution in [2.24, 2.45) is 11.8 Å². The molecule has 2 bridgehead atoms. The first-order valence-corrected chi connectivity index (χ1v) is 7.32. The highest BCUT2D eigenvalue weighted by atomic mass is 16.5. The van der Waals surface area contributed by atoms with Gasteiger partial charge in [-0.05, 0) is 38.5 Å². The highest BCUT2D eigenvalue weighted by Crippen LogP contribution is 2.40. The van der Waals surface area contributed by atoms with Crippen molar-refractivity contribution in [2.45, 2.75) is 63.8 Å². The zero-order valence-corrected chi connectivity index (χ0v) is 11.0. The fourth-order valence-electron chi connectivity index (χ4n) is 3.60. The van der Waals surface area contributed by atoms with Crippen molar-refractivity contribution < 1.29 is 14.3 Å². The van der Waals surface area contributed by atoms with Gasteiger partial charge in [0.2, 0.25) is 0 Å². The maximum Gasteiger partial charge on any atom is 0.309 e. The summed E-state index contributed by atoms with van der Waals surface area (Å²) in [7, 11) is 0. The van der Waals surface area contributed by atoms with E-state index in [0.717, 1.165) is 25.7 Å². The number of fused-ring (bicyclic) bond motifs is 2. The van der Waals surface area contributed by atoms with E-state index in [1.807, 2.05) is 0 Å². The lowest BCUT2D eigenvalue weighted by Crippen LogP contribution is -2.32. The van der Waals surface area contributed by atoms with E-state index in [2.05, 4.69) is 19.1 Å². The van der Waals surface area contributed by atoms with Crippen molar-refractivity contribution >= 4 is 5.97 Å². The second kappa shape index (κ2) is 5.04. The van der Waals surface area contributed by atoms with Crippen LogP contribution >= 0.6 is 0 Å². The molecule has 4 atom stereocenters. The summed E-state index contributed by atoms with van der Waals surface area (Å²) >= 11 is 0. The molecule has 0 spiro atoms. The van der Waals surface area contributed by atoms with Crippen LogP contribution in [0.15, 0.2) is 12.2 Å². The first-order chi connectivity index (χ1) is 8.78. The zero-order chi connectivity index (χ0) is 12.5. The predicted molar refractivity (Wildman–Crippen MR) is 68.0 cm³/mol. The van der Waals surface area contributed by atoms with Crippen molar-refractivity contribution in [3.8, 4) is 0 Å². The molecule has 2 fully saturated rings. The van der Waals surface area contributed by atoms with Gasteiger partial charge in [-0.25, -0.2) is 0 Å². The van der Waals surface area contributed by atoms with E-state index in [9.17, 15) is 4.79 Å². The minimum atomic E-state index is 0.0129. The molecular weight excluding hydrogens is 228 g/mol. The Hall–Kier alpha value is -0.830. The van der Waals surface area contributed by atoms with Crippen molar-refractivity contribution in [1.82, 2.24) is 0 Å². The average molecular weight is 250 g/mol. The monoisotopic (exact) mass is 250 g/mol. The molecule has 2 heterocycles. The van der Waals surface area contributed by atoms with Gasteiger partial charge in [0.1, 0.15) is 6.10 Å². The van der Waals surface area contributed by atoms with Crippen LogP contribution in [0.25, 0.3) is 0 Å². The molecule has 0 radical (unpaired) electrons. The van der Waals surface area contributed by atoms with E-state index in [0.29, 0.717) is 5.92 Å². The molecule has 100 valence electrons. The smallest absolute Gasteiger partial charge is 0.309 e. The summed E-state index contributed by atoms with van der Waals surface area (Å²) in [5.41, 5.74) is 0. The molecule has 3 heteroatoms. The Labute approximate surface area is 109 Å². The van der Waals surface area contributed by atoms with Crippen LogP contribution in [-0.2, 0) is 14.3 Å². The van der Waals surface area contributed by atoms with E-state index in [1.165, 1.54) is 12.8 Å². The Morgan fingerprint density at radius 1 is 1.39 bits per heavy atom. The summed E-state index contributed by atoms with van der Waals surface area (Å²) in [6.07, 6.45) is 11.2. The van der Waals surface area contributed by atoms with Gasteiger partial charge in [-0.3, -0.25) is 4.79 Å². The molecule has 4 unspecified atom stereocenters. The number of ether oxygens (including phenoxy) is 2. The molecule has 0 aromatic heterocycles. The topological polar surface area (TPSA) is 35.5 Å². The van der Waals surface area contributed by atoms with Crippen LogP contribution in [0, 0.1) is 11.8 Å². The summed E-state index contributed by atoms with van der Waals surface area (Å²) < 4.78 is 11.4. The van der Waals surface area contributed by atoms with Gasteiger partial charge < -0.3 is 9.47 Å². The standard InChI is InChI=1S/C15H22O3/c1-2-12(13-9-11-7-8-14(13)17-11)15(16)18-10-5-3-4-6-10/h7-8,10-14H,2-6,9H2,1H3. The molecule has 1 saturated carbocycles. The third-order valence-electron chi connectivity index (χ3n) is 4.62. The molecule has 3 rings (SSSR count). The van der Waals surface area contributed by atoms with Crippen LogP contribution in [0.3, 0.4) is 0 Å². The van der Waals surface area contributed by atoms with Gasteiger partial charge in [0.25, 0.3) is 0 Å². The number of rotatable bonds is 4. The van der Waals surface area contributed by atoms with E-state index in [-0.39, 0.29) is 30.2 Å². The van der Waals surface area contributed by atoms with Gasteiger partial charge in [-0.2, -0.15) is 0 Å². The van der Waals surface area contributed by atoms with Crippen LogP contribution in [0.4, 0.5) is 0 Å². The van der Waals surface area contributed by atoms with Crippen molar-refractivity contribution in [1.29, 1.82) is 0 Å². The van der Waals surface area contributed by atoms with Crippen LogP contribution in [-0.4, -0.2) is 24.3 Å². The van der Waals surface area contributed by atoms with Crippen LogP contribution in [0.5, 0.6) is 0 Å². The Bertz CT molecular complexity index is 344. The van der Waals surface area contributed by atoms with Gasteiger partial charge >= 0.3 is 5.97 Å². The molecule has 1 aliphatic carbocycles. The van der Waals surface area contributed by atoms with Crippen LogP contribution in [0.2, 0.25) is 0 Å². The molecule has 18 heavy (non-hydrogen) atoms. The predicted octanol–water partition coefficient (Wildman–Crippen LogP) is 2.84.